The van der Waals surface area contributed by atoms with Gasteiger partial charge in [0.05, 0.1) is 5.02 Å². The fraction of sp³-hybridized carbons (Fsp3) is 0.400. The first-order chi connectivity index (χ1) is 7.88. The average molecular weight is 359 g/mol. The van der Waals surface area contributed by atoms with Crippen LogP contribution in [0, 0.1) is 0 Å². The second kappa shape index (κ2) is 5.05. The van der Waals surface area contributed by atoms with E-state index in [4.69, 9.17) is 23.2 Å². The van der Waals surface area contributed by atoms with Crippen molar-refractivity contribution in [3.63, 3.8) is 0 Å². The van der Waals surface area contributed by atoms with Crippen molar-refractivity contribution in [3.05, 3.63) is 27.7 Å². The first-order valence-electron chi connectivity index (χ1n) is 5.00. The van der Waals surface area contributed by atoms with Crippen molar-refractivity contribution in [2.45, 2.75) is 29.2 Å². The van der Waals surface area contributed by atoms with E-state index in [1.807, 2.05) is 0 Å². The van der Waals surface area contributed by atoms with Crippen LogP contribution in [0.15, 0.2) is 27.6 Å². The minimum absolute atomic E-state index is 0.0723. The van der Waals surface area contributed by atoms with E-state index in [0.717, 1.165) is 4.47 Å². The quantitative estimate of drug-likeness (QED) is 0.843. The normalized spacial score (nSPS) is 24.4. The summed E-state index contributed by atoms with van der Waals surface area (Å²) in [7, 11) is -3.55. The lowest BCUT2D eigenvalue weighted by atomic mass is 9.94. The highest BCUT2D eigenvalue weighted by Gasteiger charge is 2.31. The minimum atomic E-state index is -3.55. The van der Waals surface area contributed by atoms with Gasteiger partial charge in [-0.15, -0.1) is 11.6 Å². The van der Waals surface area contributed by atoms with E-state index < -0.39 is 10.0 Å². The van der Waals surface area contributed by atoms with Crippen LogP contribution < -0.4 is 4.72 Å². The molecule has 1 aliphatic carbocycles. The van der Waals surface area contributed by atoms with Gasteiger partial charge < -0.3 is 0 Å². The lowest BCUT2D eigenvalue weighted by Gasteiger charge is -2.31. The van der Waals surface area contributed by atoms with Gasteiger partial charge in [-0.05, 0) is 31.0 Å². The molecule has 1 aromatic carbocycles. The van der Waals surface area contributed by atoms with Crippen molar-refractivity contribution in [3.8, 4) is 0 Å². The summed E-state index contributed by atoms with van der Waals surface area (Å²) < 4.78 is 27.4. The molecule has 1 aliphatic rings. The Balaban J connectivity index is 2.20. The smallest absolute Gasteiger partial charge is 0.208 e. The Morgan fingerprint density at radius 3 is 2.53 bits per heavy atom. The lowest BCUT2D eigenvalue weighted by Crippen LogP contribution is -2.44. The predicted octanol–water partition coefficient (Wildman–Crippen LogP) is 3.15. The molecule has 1 saturated carbocycles. The summed E-state index contributed by atoms with van der Waals surface area (Å²) in [5, 5.41) is 0.275. The molecule has 7 heteroatoms. The van der Waals surface area contributed by atoms with Crippen LogP contribution in [0.2, 0.25) is 5.02 Å². The Bertz CT molecular complexity index is 529. The largest absolute Gasteiger partial charge is 0.242 e. The molecule has 1 aromatic rings. The number of halogens is 3. The van der Waals surface area contributed by atoms with Gasteiger partial charge in [-0.2, -0.15) is 0 Å². The molecular formula is C10H10BrCl2NO2S. The van der Waals surface area contributed by atoms with Crippen LogP contribution >= 0.6 is 39.1 Å². The molecule has 0 radical (unpaired) electrons. The molecule has 0 aromatic heterocycles. The molecule has 0 aliphatic heterocycles. The van der Waals surface area contributed by atoms with Crippen LogP contribution in [-0.2, 0) is 10.0 Å². The van der Waals surface area contributed by atoms with Crippen molar-refractivity contribution < 1.29 is 8.42 Å². The molecule has 0 bridgehead atoms. The van der Waals surface area contributed by atoms with Crippen LogP contribution in [0.25, 0.3) is 0 Å². The Hall–Kier alpha value is 0.190. The Morgan fingerprint density at radius 2 is 2.00 bits per heavy atom. The van der Waals surface area contributed by atoms with Crippen LogP contribution in [0.4, 0.5) is 0 Å². The van der Waals surface area contributed by atoms with E-state index in [0.29, 0.717) is 12.8 Å². The van der Waals surface area contributed by atoms with Crippen LogP contribution in [0.3, 0.4) is 0 Å². The molecule has 1 fully saturated rings. The summed E-state index contributed by atoms with van der Waals surface area (Å²) in [6.07, 6.45) is 1.32. The van der Waals surface area contributed by atoms with Gasteiger partial charge in [0, 0.05) is 15.9 Å². The summed E-state index contributed by atoms with van der Waals surface area (Å²) in [6.45, 7) is 0. The molecule has 3 nitrogen and oxygen atoms in total. The van der Waals surface area contributed by atoms with Crippen LogP contribution in [0.5, 0.6) is 0 Å². The summed E-state index contributed by atoms with van der Waals surface area (Å²) in [4.78, 5) is 0.0976. The zero-order chi connectivity index (χ0) is 12.6. The third-order valence-electron chi connectivity index (χ3n) is 2.59. The maximum absolute atomic E-state index is 12.0. The molecule has 0 amide bonds. The first kappa shape index (κ1) is 13.6. The van der Waals surface area contributed by atoms with Gasteiger partial charge in [0.25, 0.3) is 0 Å². The number of benzene rings is 1. The number of rotatable bonds is 3. The highest BCUT2D eigenvalue weighted by molar-refractivity contribution is 9.10. The molecule has 17 heavy (non-hydrogen) atoms. The van der Waals surface area contributed by atoms with Gasteiger partial charge >= 0.3 is 0 Å². The number of sulfonamides is 1. The first-order valence-corrected chi connectivity index (χ1v) is 8.09. The van der Waals surface area contributed by atoms with Crippen molar-refractivity contribution >= 4 is 49.2 Å². The zero-order valence-corrected chi connectivity index (χ0v) is 12.6. The van der Waals surface area contributed by atoms with Gasteiger partial charge in [0.15, 0.2) is 0 Å². The van der Waals surface area contributed by atoms with Crippen LogP contribution in [-0.4, -0.2) is 19.8 Å². The summed E-state index contributed by atoms with van der Waals surface area (Å²) in [5.41, 5.74) is 0. The van der Waals surface area contributed by atoms with Gasteiger partial charge in [0.1, 0.15) is 4.90 Å². The molecule has 1 N–H and O–H groups in total. The van der Waals surface area contributed by atoms with Gasteiger partial charge in [-0.3, -0.25) is 0 Å². The maximum Gasteiger partial charge on any atom is 0.242 e. The SMILES string of the molecule is O=S(=O)(NC1CC(Cl)C1)c1ccc(Br)cc1Cl. The average Bonchev–Trinajstić information content (AvgIpc) is 2.14. The molecule has 0 atom stereocenters. The Labute approximate surface area is 119 Å². The standard InChI is InChI=1S/C10H10BrCl2NO2S/c11-6-1-2-10(9(13)3-6)17(15,16)14-8-4-7(12)5-8/h1-3,7-8,14H,4-5H2. The van der Waals surface area contributed by atoms with Crippen molar-refractivity contribution in [1.29, 1.82) is 0 Å². The van der Waals surface area contributed by atoms with Crippen molar-refractivity contribution in [2.75, 3.05) is 0 Å². The van der Waals surface area contributed by atoms with E-state index in [-0.39, 0.29) is 21.3 Å². The fourth-order valence-electron chi connectivity index (χ4n) is 1.62. The molecule has 0 spiro atoms. The highest BCUT2D eigenvalue weighted by Crippen LogP contribution is 2.29. The summed E-state index contributed by atoms with van der Waals surface area (Å²) >= 11 is 14.9. The maximum atomic E-state index is 12.0. The number of hydrogen-bond acceptors (Lipinski definition) is 2. The van der Waals surface area contributed by atoms with E-state index in [1.165, 1.54) is 6.07 Å². The van der Waals surface area contributed by atoms with E-state index in [9.17, 15) is 8.42 Å². The van der Waals surface area contributed by atoms with E-state index in [2.05, 4.69) is 20.7 Å². The lowest BCUT2D eigenvalue weighted by molar-refractivity contribution is 0.391. The van der Waals surface area contributed by atoms with Crippen LogP contribution in [0.1, 0.15) is 12.8 Å². The zero-order valence-electron chi connectivity index (χ0n) is 8.66. The third kappa shape index (κ3) is 3.15. The molecule has 0 heterocycles. The minimum Gasteiger partial charge on any atom is -0.208 e. The fourth-order valence-corrected chi connectivity index (χ4v) is 4.35. The second-order valence-electron chi connectivity index (χ2n) is 3.96. The van der Waals surface area contributed by atoms with E-state index >= 15 is 0 Å². The number of nitrogens with one attached hydrogen (secondary N) is 1. The predicted molar refractivity (Wildman–Crippen MR) is 72.1 cm³/mol. The van der Waals surface area contributed by atoms with Crippen molar-refractivity contribution in [1.82, 2.24) is 4.72 Å². The topological polar surface area (TPSA) is 46.2 Å². The van der Waals surface area contributed by atoms with Gasteiger partial charge in [-0.25, -0.2) is 13.1 Å². The molecular weight excluding hydrogens is 349 g/mol. The molecule has 2 rings (SSSR count). The Morgan fingerprint density at radius 1 is 1.35 bits per heavy atom. The molecule has 94 valence electrons. The number of hydrogen-bond donors (Lipinski definition) is 1. The summed E-state index contributed by atoms with van der Waals surface area (Å²) in [6, 6.07) is 4.60. The second-order valence-corrected chi connectivity index (χ2v) is 7.58. The third-order valence-corrected chi connectivity index (χ3v) is 5.44. The summed E-state index contributed by atoms with van der Waals surface area (Å²) in [5.74, 6) is 0. The monoisotopic (exact) mass is 357 g/mol. The molecule has 0 saturated heterocycles. The van der Waals surface area contributed by atoms with Gasteiger partial charge in [0.2, 0.25) is 10.0 Å². The Kier molecular flexibility index (Phi) is 4.05. The van der Waals surface area contributed by atoms with E-state index in [1.54, 1.807) is 12.1 Å². The molecule has 0 unspecified atom stereocenters. The number of alkyl halides is 1. The highest BCUT2D eigenvalue weighted by atomic mass is 79.9. The van der Waals surface area contributed by atoms with Crippen molar-refractivity contribution in [2.24, 2.45) is 0 Å². The van der Waals surface area contributed by atoms with Gasteiger partial charge in [-0.1, -0.05) is 27.5 Å².